The SMILES string of the molecule is Cc1cc(C(=O)NCC(c2ccccc2Cl)N2CCOCC2)ccc1[N+](=O)[O-]. The number of morpholine rings is 1. The highest BCUT2D eigenvalue weighted by Crippen LogP contribution is 2.28. The van der Waals surface area contributed by atoms with Crippen LogP contribution in [0.1, 0.15) is 27.5 Å². The molecule has 148 valence electrons. The summed E-state index contributed by atoms with van der Waals surface area (Å²) in [6, 6.07) is 11.9. The minimum absolute atomic E-state index is 0.00110. The number of nitrogens with one attached hydrogen (secondary N) is 1. The molecule has 1 N–H and O–H groups in total. The molecule has 1 amide bonds. The first kappa shape index (κ1) is 20.3. The van der Waals surface area contributed by atoms with Gasteiger partial charge in [0.25, 0.3) is 11.6 Å². The number of carbonyl (C=O) groups excluding carboxylic acids is 1. The highest BCUT2D eigenvalue weighted by Gasteiger charge is 2.25. The molecule has 1 aliphatic heterocycles. The Morgan fingerprint density at radius 1 is 1.29 bits per heavy atom. The molecule has 28 heavy (non-hydrogen) atoms. The number of hydrogen-bond donors (Lipinski definition) is 1. The van der Waals surface area contributed by atoms with Crippen LogP contribution in [-0.2, 0) is 4.74 Å². The minimum atomic E-state index is -0.455. The van der Waals surface area contributed by atoms with Gasteiger partial charge in [-0.05, 0) is 30.7 Å². The molecule has 0 saturated carbocycles. The van der Waals surface area contributed by atoms with E-state index in [1.807, 2.05) is 24.3 Å². The van der Waals surface area contributed by atoms with E-state index in [2.05, 4.69) is 10.2 Å². The predicted molar refractivity (Wildman–Crippen MR) is 107 cm³/mol. The van der Waals surface area contributed by atoms with E-state index in [9.17, 15) is 14.9 Å². The third-order valence-electron chi connectivity index (χ3n) is 4.86. The third kappa shape index (κ3) is 4.67. The lowest BCUT2D eigenvalue weighted by Gasteiger charge is -2.35. The number of aryl methyl sites for hydroxylation is 1. The van der Waals surface area contributed by atoms with E-state index in [4.69, 9.17) is 16.3 Å². The van der Waals surface area contributed by atoms with Crippen molar-refractivity contribution in [2.45, 2.75) is 13.0 Å². The first-order chi connectivity index (χ1) is 13.5. The van der Waals surface area contributed by atoms with E-state index in [-0.39, 0.29) is 17.6 Å². The molecule has 1 aliphatic rings. The zero-order valence-corrected chi connectivity index (χ0v) is 16.3. The van der Waals surface area contributed by atoms with Gasteiger partial charge in [-0.15, -0.1) is 0 Å². The van der Waals surface area contributed by atoms with Gasteiger partial charge in [0, 0.05) is 41.9 Å². The maximum atomic E-state index is 12.6. The molecule has 0 radical (unpaired) electrons. The number of nitro groups is 1. The van der Waals surface area contributed by atoms with Crippen LogP contribution < -0.4 is 5.32 Å². The summed E-state index contributed by atoms with van der Waals surface area (Å²) in [5.74, 6) is -0.275. The first-order valence-electron chi connectivity index (χ1n) is 9.07. The van der Waals surface area contributed by atoms with Crippen molar-refractivity contribution in [1.82, 2.24) is 10.2 Å². The number of rotatable bonds is 6. The van der Waals surface area contributed by atoms with Crippen molar-refractivity contribution in [2.24, 2.45) is 0 Å². The summed E-state index contributed by atoms with van der Waals surface area (Å²) in [5, 5.41) is 14.6. The zero-order valence-electron chi connectivity index (χ0n) is 15.6. The molecule has 0 aliphatic carbocycles. The summed E-state index contributed by atoms with van der Waals surface area (Å²) in [6.07, 6.45) is 0. The van der Waals surface area contributed by atoms with Gasteiger partial charge < -0.3 is 10.1 Å². The number of hydrogen-bond acceptors (Lipinski definition) is 5. The number of carbonyl (C=O) groups is 1. The summed E-state index contributed by atoms with van der Waals surface area (Å²) in [7, 11) is 0. The number of nitrogens with zero attached hydrogens (tertiary/aromatic N) is 2. The van der Waals surface area contributed by atoms with Crippen LogP contribution in [0.3, 0.4) is 0 Å². The highest BCUT2D eigenvalue weighted by atomic mass is 35.5. The molecular formula is C20H22ClN3O4. The van der Waals surface area contributed by atoms with E-state index in [0.717, 1.165) is 18.7 Å². The average molecular weight is 404 g/mol. The predicted octanol–water partition coefficient (Wildman–Crippen LogP) is 3.36. The maximum absolute atomic E-state index is 12.6. The normalized spacial score (nSPS) is 15.8. The Labute approximate surface area is 168 Å². The Bertz CT molecular complexity index is 868. The van der Waals surface area contributed by atoms with Gasteiger partial charge in [-0.25, -0.2) is 0 Å². The summed E-state index contributed by atoms with van der Waals surface area (Å²) in [4.78, 5) is 25.4. The van der Waals surface area contributed by atoms with Crippen molar-refractivity contribution >= 4 is 23.2 Å². The first-order valence-corrected chi connectivity index (χ1v) is 9.44. The van der Waals surface area contributed by atoms with E-state index in [1.54, 1.807) is 6.92 Å². The largest absolute Gasteiger partial charge is 0.379 e. The minimum Gasteiger partial charge on any atom is -0.379 e. The van der Waals surface area contributed by atoms with Crippen molar-refractivity contribution in [2.75, 3.05) is 32.8 Å². The van der Waals surface area contributed by atoms with Crippen LogP contribution in [-0.4, -0.2) is 48.6 Å². The molecule has 3 rings (SSSR count). The van der Waals surface area contributed by atoms with Crippen LogP contribution in [0.5, 0.6) is 0 Å². The quantitative estimate of drug-likeness (QED) is 0.590. The molecule has 2 aromatic rings. The van der Waals surface area contributed by atoms with E-state index >= 15 is 0 Å². The molecule has 0 bridgehead atoms. The van der Waals surface area contributed by atoms with Gasteiger partial charge >= 0.3 is 0 Å². The van der Waals surface area contributed by atoms with Crippen LogP contribution >= 0.6 is 11.6 Å². The van der Waals surface area contributed by atoms with Crippen LogP contribution in [0.4, 0.5) is 5.69 Å². The maximum Gasteiger partial charge on any atom is 0.272 e. The fourth-order valence-electron chi connectivity index (χ4n) is 3.36. The molecule has 7 nitrogen and oxygen atoms in total. The van der Waals surface area contributed by atoms with Crippen molar-refractivity contribution in [3.05, 3.63) is 74.3 Å². The highest BCUT2D eigenvalue weighted by molar-refractivity contribution is 6.31. The molecule has 2 aromatic carbocycles. The van der Waals surface area contributed by atoms with Crippen molar-refractivity contribution in [3.8, 4) is 0 Å². The van der Waals surface area contributed by atoms with E-state index < -0.39 is 4.92 Å². The molecule has 8 heteroatoms. The summed E-state index contributed by atoms with van der Waals surface area (Å²) >= 11 is 6.40. The van der Waals surface area contributed by atoms with Gasteiger partial charge in [0.1, 0.15) is 0 Å². The van der Waals surface area contributed by atoms with Crippen LogP contribution in [0, 0.1) is 17.0 Å². The van der Waals surface area contributed by atoms with Crippen LogP contribution in [0.2, 0.25) is 5.02 Å². The number of halogens is 1. The lowest BCUT2D eigenvalue weighted by Crippen LogP contribution is -2.44. The Balaban J connectivity index is 1.76. The van der Waals surface area contributed by atoms with Crippen molar-refractivity contribution in [3.63, 3.8) is 0 Å². The van der Waals surface area contributed by atoms with Gasteiger partial charge in [0.05, 0.1) is 24.2 Å². The third-order valence-corrected chi connectivity index (χ3v) is 5.21. The van der Waals surface area contributed by atoms with Gasteiger partial charge in [0.2, 0.25) is 0 Å². The Morgan fingerprint density at radius 2 is 2.00 bits per heavy atom. The van der Waals surface area contributed by atoms with Crippen molar-refractivity contribution < 1.29 is 14.5 Å². The van der Waals surface area contributed by atoms with Gasteiger partial charge in [-0.3, -0.25) is 19.8 Å². The van der Waals surface area contributed by atoms with Gasteiger partial charge in [0.15, 0.2) is 0 Å². The summed E-state index contributed by atoms with van der Waals surface area (Å²) < 4.78 is 5.44. The summed E-state index contributed by atoms with van der Waals surface area (Å²) in [5.41, 5.74) is 1.79. The van der Waals surface area contributed by atoms with Crippen molar-refractivity contribution in [1.29, 1.82) is 0 Å². The molecule has 1 saturated heterocycles. The van der Waals surface area contributed by atoms with Crippen LogP contribution in [0.25, 0.3) is 0 Å². The lowest BCUT2D eigenvalue weighted by molar-refractivity contribution is -0.385. The second kappa shape index (κ2) is 9.14. The van der Waals surface area contributed by atoms with Gasteiger partial charge in [-0.1, -0.05) is 29.8 Å². The van der Waals surface area contributed by atoms with E-state index in [0.29, 0.717) is 35.9 Å². The molecule has 1 fully saturated rings. The summed E-state index contributed by atoms with van der Waals surface area (Å²) in [6.45, 7) is 4.77. The second-order valence-corrected chi connectivity index (χ2v) is 7.06. The Hall–Kier alpha value is -2.48. The second-order valence-electron chi connectivity index (χ2n) is 6.65. The fourth-order valence-corrected chi connectivity index (χ4v) is 3.62. The smallest absolute Gasteiger partial charge is 0.272 e. The standard InChI is InChI=1S/C20H22ClN3O4/c1-14-12-15(6-7-18(14)24(26)27)20(25)22-13-19(23-8-10-28-11-9-23)16-4-2-3-5-17(16)21/h2-7,12,19H,8-11,13H2,1H3,(H,22,25). The fraction of sp³-hybridized carbons (Fsp3) is 0.350. The zero-order chi connectivity index (χ0) is 20.1. The molecule has 0 spiro atoms. The lowest BCUT2D eigenvalue weighted by atomic mass is 10.0. The number of benzene rings is 2. The monoisotopic (exact) mass is 403 g/mol. The van der Waals surface area contributed by atoms with Gasteiger partial charge in [-0.2, -0.15) is 0 Å². The molecular weight excluding hydrogens is 382 g/mol. The number of ether oxygens (including phenoxy) is 1. The van der Waals surface area contributed by atoms with Crippen LogP contribution in [0.15, 0.2) is 42.5 Å². The average Bonchev–Trinajstić information content (AvgIpc) is 2.69. The number of nitro benzene ring substituents is 1. The Kier molecular flexibility index (Phi) is 6.61. The molecule has 1 heterocycles. The molecule has 1 unspecified atom stereocenters. The molecule has 0 aromatic heterocycles. The Morgan fingerprint density at radius 3 is 2.64 bits per heavy atom. The topological polar surface area (TPSA) is 84.7 Å². The molecule has 1 atom stereocenters. The number of amides is 1. The van der Waals surface area contributed by atoms with E-state index in [1.165, 1.54) is 18.2 Å².